The van der Waals surface area contributed by atoms with Crippen LogP contribution in [0.1, 0.15) is 33.9 Å². The van der Waals surface area contributed by atoms with Crippen LogP contribution >= 0.6 is 11.3 Å². The Morgan fingerprint density at radius 3 is 2.76 bits per heavy atom. The number of aryl methyl sites for hydroxylation is 2. The molecule has 2 aromatic rings. The van der Waals surface area contributed by atoms with E-state index in [0.29, 0.717) is 36.5 Å². The fraction of sp³-hybridized carbons (Fsp3) is 0.467. The van der Waals surface area contributed by atoms with E-state index in [1.165, 1.54) is 11.3 Å². The quantitative estimate of drug-likeness (QED) is 0.845. The van der Waals surface area contributed by atoms with E-state index >= 15 is 0 Å². The van der Waals surface area contributed by atoms with Crippen LogP contribution < -0.4 is 5.73 Å². The number of nitrogens with zero attached hydrogens (tertiary/aromatic N) is 2. The number of likely N-dealkylation sites (tertiary alicyclic amines) is 1. The van der Waals surface area contributed by atoms with Crippen molar-refractivity contribution in [3.8, 4) is 0 Å². The second-order valence-corrected chi connectivity index (χ2v) is 6.64. The van der Waals surface area contributed by atoms with Gasteiger partial charge in [0.25, 0.3) is 5.91 Å². The molecule has 1 aliphatic heterocycles. The smallest absolute Gasteiger partial charge is 0.266 e. The maximum atomic E-state index is 12.6. The predicted octanol–water partition coefficient (Wildman–Crippen LogP) is 2.09. The topological polar surface area (TPSA) is 79.5 Å². The summed E-state index contributed by atoms with van der Waals surface area (Å²) in [5.74, 6) is -0.0300. The minimum absolute atomic E-state index is 0.0300. The molecule has 0 bridgehead atoms. The molecule has 2 aromatic heterocycles. The number of hydrogen-bond donors (Lipinski definition) is 2. The molecule has 0 aromatic carbocycles. The summed E-state index contributed by atoms with van der Waals surface area (Å²) in [7, 11) is 0. The van der Waals surface area contributed by atoms with Gasteiger partial charge in [-0.15, -0.1) is 11.3 Å². The van der Waals surface area contributed by atoms with E-state index in [0.717, 1.165) is 21.5 Å². The first-order chi connectivity index (χ1) is 9.97. The molecule has 0 aliphatic carbocycles. The van der Waals surface area contributed by atoms with Gasteiger partial charge in [0, 0.05) is 34.6 Å². The maximum Gasteiger partial charge on any atom is 0.266 e. The number of rotatable bonds is 1. The second-order valence-electron chi connectivity index (χ2n) is 5.59. The van der Waals surface area contributed by atoms with Crippen molar-refractivity contribution >= 4 is 33.0 Å². The third kappa shape index (κ3) is 2.49. The van der Waals surface area contributed by atoms with Gasteiger partial charge in [0.1, 0.15) is 4.88 Å². The zero-order valence-electron chi connectivity index (χ0n) is 12.2. The number of nitrogens with two attached hydrogens (primary N) is 1. The lowest BCUT2D eigenvalue weighted by atomic mass is 10.1. The summed E-state index contributed by atoms with van der Waals surface area (Å²) < 4.78 is 1.01. The fourth-order valence-electron chi connectivity index (χ4n) is 2.85. The lowest BCUT2D eigenvalue weighted by Gasteiger charge is -2.29. The molecule has 5 nitrogen and oxygen atoms in total. The van der Waals surface area contributed by atoms with Gasteiger partial charge in [-0.2, -0.15) is 0 Å². The van der Waals surface area contributed by atoms with Gasteiger partial charge >= 0.3 is 0 Å². The summed E-state index contributed by atoms with van der Waals surface area (Å²) in [6, 6.07) is 1.97. The predicted molar refractivity (Wildman–Crippen MR) is 84.7 cm³/mol. The Labute approximate surface area is 127 Å². The van der Waals surface area contributed by atoms with Crippen LogP contribution in [0.15, 0.2) is 6.07 Å². The van der Waals surface area contributed by atoms with Crippen molar-refractivity contribution in [1.29, 1.82) is 0 Å². The fourth-order valence-corrected chi connectivity index (χ4v) is 4.09. The standard InChI is InChI=1S/C15H19N3O2S/c1-8-7-11-12(9(2)17-8)13(16)14(21-11)15(20)18-5-3-10(19)4-6-18/h7,10,19H,3-6,16H2,1-2H3. The molecule has 0 radical (unpaired) electrons. The molecular weight excluding hydrogens is 286 g/mol. The Morgan fingerprint density at radius 2 is 2.10 bits per heavy atom. The molecule has 0 atom stereocenters. The van der Waals surface area contributed by atoms with Crippen molar-refractivity contribution in [1.82, 2.24) is 9.88 Å². The van der Waals surface area contributed by atoms with Crippen LogP contribution in [0.3, 0.4) is 0 Å². The first kappa shape index (κ1) is 14.3. The van der Waals surface area contributed by atoms with E-state index in [1.54, 1.807) is 4.90 Å². The molecule has 3 heterocycles. The normalized spacial score (nSPS) is 16.6. The minimum Gasteiger partial charge on any atom is -0.397 e. The summed E-state index contributed by atoms with van der Waals surface area (Å²) >= 11 is 1.44. The number of nitrogen functional groups attached to an aromatic ring is 1. The third-order valence-electron chi connectivity index (χ3n) is 3.96. The number of hydrogen-bond acceptors (Lipinski definition) is 5. The highest BCUT2D eigenvalue weighted by Gasteiger charge is 2.26. The van der Waals surface area contributed by atoms with Crippen LogP contribution in [0.4, 0.5) is 5.69 Å². The van der Waals surface area contributed by atoms with Crippen LogP contribution in [-0.2, 0) is 0 Å². The summed E-state index contributed by atoms with van der Waals surface area (Å²) in [6.45, 7) is 5.04. The average molecular weight is 305 g/mol. The van der Waals surface area contributed by atoms with E-state index in [4.69, 9.17) is 5.73 Å². The Balaban J connectivity index is 1.99. The molecule has 0 saturated carbocycles. The number of amides is 1. The summed E-state index contributed by atoms with van der Waals surface area (Å²) in [5.41, 5.74) is 8.54. The van der Waals surface area contributed by atoms with Crippen molar-refractivity contribution in [2.24, 2.45) is 0 Å². The van der Waals surface area contributed by atoms with Gasteiger partial charge in [0.2, 0.25) is 0 Å². The Hall–Kier alpha value is -1.66. The van der Waals surface area contributed by atoms with Gasteiger partial charge in [-0.3, -0.25) is 9.78 Å². The van der Waals surface area contributed by atoms with Crippen molar-refractivity contribution in [2.45, 2.75) is 32.8 Å². The van der Waals surface area contributed by atoms with Crippen molar-refractivity contribution in [3.05, 3.63) is 22.3 Å². The van der Waals surface area contributed by atoms with Crippen LogP contribution in [0.2, 0.25) is 0 Å². The van der Waals surface area contributed by atoms with Gasteiger partial charge in [0.15, 0.2) is 0 Å². The Bertz CT molecular complexity index is 702. The maximum absolute atomic E-state index is 12.6. The molecule has 0 spiro atoms. The van der Waals surface area contributed by atoms with Crippen LogP contribution in [0.25, 0.3) is 10.1 Å². The first-order valence-electron chi connectivity index (χ1n) is 7.11. The number of anilines is 1. The SMILES string of the molecule is Cc1cc2sc(C(=O)N3CCC(O)CC3)c(N)c2c(C)n1. The van der Waals surface area contributed by atoms with E-state index in [-0.39, 0.29) is 12.0 Å². The molecule has 3 rings (SSSR count). The molecule has 1 fully saturated rings. The number of carbonyl (C=O) groups excluding carboxylic acids is 1. The molecule has 1 saturated heterocycles. The number of fused-ring (bicyclic) bond motifs is 1. The zero-order valence-corrected chi connectivity index (χ0v) is 13.0. The molecule has 3 N–H and O–H groups in total. The molecule has 21 heavy (non-hydrogen) atoms. The van der Waals surface area contributed by atoms with Crippen molar-refractivity contribution < 1.29 is 9.90 Å². The summed E-state index contributed by atoms with van der Waals surface area (Å²) in [4.78, 5) is 19.4. The zero-order chi connectivity index (χ0) is 15.1. The highest BCUT2D eigenvalue weighted by atomic mass is 32.1. The molecule has 112 valence electrons. The monoisotopic (exact) mass is 305 g/mol. The van der Waals surface area contributed by atoms with Crippen LogP contribution in [-0.4, -0.2) is 40.1 Å². The highest BCUT2D eigenvalue weighted by molar-refractivity contribution is 7.21. The van der Waals surface area contributed by atoms with Crippen LogP contribution in [0, 0.1) is 13.8 Å². The molecular formula is C15H19N3O2S. The molecule has 1 aliphatic rings. The van der Waals surface area contributed by atoms with Gasteiger partial charge < -0.3 is 15.7 Å². The number of pyridine rings is 1. The summed E-state index contributed by atoms with van der Waals surface area (Å²) in [5, 5.41) is 10.4. The highest BCUT2D eigenvalue weighted by Crippen LogP contribution is 2.36. The van der Waals surface area contributed by atoms with Crippen LogP contribution in [0.5, 0.6) is 0 Å². The number of thiophene rings is 1. The van der Waals surface area contributed by atoms with Gasteiger partial charge in [-0.05, 0) is 32.8 Å². The van der Waals surface area contributed by atoms with Crippen molar-refractivity contribution in [2.75, 3.05) is 18.8 Å². The number of aliphatic hydroxyl groups excluding tert-OH is 1. The number of piperidine rings is 1. The Kier molecular flexibility index (Phi) is 3.59. The average Bonchev–Trinajstić information content (AvgIpc) is 2.76. The van der Waals surface area contributed by atoms with E-state index < -0.39 is 0 Å². The lowest BCUT2D eigenvalue weighted by Crippen LogP contribution is -2.39. The third-order valence-corrected chi connectivity index (χ3v) is 5.10. The second kappa shape index (κ2) is 5.27. The van der Waals surface area contributed by atoms with Crippen molar-refractivity contribution in [3.63, 3.8) is 0 Å². The summed E-state index contributed by atoms with van der Waals surface area (Å²) in [6.07, 6.45) is 0.981. The number of carbonyl (C=O) groups is 1. The van der Waals surface area contributed by atoms with E-state index in [1.807, 2.05) is 19.9 Å². The van der Waals surface area contributed by atoms with Gasteiger partial charge in [-0.25, -0.2) is 0 Å². The minimum atomic E-state index is -0.289. The van der Waals surface area contributed by atoms with Gasteiger partial charge in [-0.1, -0.05) is 0 Å². The largest absolute Gasteiger partial charge is 0.397 e. The number of aliphatic hydroxyl groups is 1. The lowest BCUT2D eigenvalue weighted by molar-refractivity contribution is 0.0551. The molecule has 0 unspecified atom stereocenters. The van der Waals surface area contributed by atoms with Gasteiger partial charge in [0.05, 0.1) is 11.8 Å². The van der Waals surface area contributed by atoms with E-state index in [2.05, 4.69) is 4.98 Å². The first-order valence-corrected chi connectivity index (χ1v) is 7.92. The van der Waals surface area contributed by atoms with E-state index in [9.17, 15) is 9.90 Å². The number of aromatic nitrogens is 1. The Morgan fingerprint density at radius 1 is 1.43 bits per heavy atom. The molecule has 6 heteroatoms. The molecule has 1 amide bonds.